The Hall–Kier alpha value is -3.43. The number of nitrogens with zero attached hydrogens (tertiary/aromatic N) is 3. The number of aromatic nitrogens is 3. The number of nitrogens with one attached hydrogen (secondary N) is 2. The minimum absolute atomic E-state index is 0.0210. The van der Waals surface area contributed by atoms with Gasteiger partial charge in [-0.05, 0) is 61.0 Å². The zero-order chi connectivity index (χ0) is 22.2. The maximum absolute atomic E-state index is 12.8. The van der Waals surface area contributed by atoms with Gasteiger partial charge in [0.1, 0.15) is 5.69 Å². The minimum atomic E-state index is -3.85. The first-order chi connectivity index (χ1) is 14.7. The smallest absolute Gasteiger partial charge is 0.272 e. The first-order valence-electron chi connectivity index (χ1n) is 9.21. The zero-order valence-corrected chi connectivity index (χ0v) is 18.2. The average Bonchev–Trinajstić information content (AvgIpc) is 3.05. The van der Waals surface area contributed by atoms with Crippen molar-refractivity contribution in [2.45, 2.75) is 11.8 Å². The lowest BCUT2D eigenvalue weighted by atomic mass is 10.2. The lowest BCUT2D eigenvalue weighted by molar-refractivity contribution is 0.101. The molecule has 0 fully saturated rings. The second kappa shape index (κ2) is 8.01. The van der Waals surface area contributed by atoms with Crippen molar-refractivity contribution in [1.29, 1.82) is 0 Å². The highest BCUT2D eigenvalue weighted by Crippen LogP contribution is 2.26. The molecular formula is C21H18ClN5O3S. The number of hydrogen-bond acceptors (Lipinski definition) is 5. The lowest BCUT2D eigenvalue weighted by Gasteiger charge is -2.09. The third-order valence-corrected chi connectivity index (χ3v) is 6.52. The van der Waals surface area contributed by atoms with Crippen molar-refractivity contribution in [2.24, 2.45) is 7.05 Å². The van der Waals surface area contributed by atoms with E-state index in [0.29, 0.717) is 16.4 Å². The highest BCUT2D eigenvalue weighted by atomic mass is 35.5. The molecule has 2 N–H and O–H groups in total. The summed E-state index contributed by atoms with van der Waals surface area (Å²) in [7, 11) is -2.06. The number of rotatable bonds is 5. The van der Waals surface area contributed by atoms with Gasteiger partial charge in [-0.25, -0.2) is 23.1 Å². The summed E-state index contributed by atoms with van der Waals surface area (Å²) in [5, 5.41) is 4.32. The number of carbonyl (C=O) groups excluding carboxylic acids is 1. The van der Waals surface area contributed by atoms with Gasteiger partial charge in [-0.3, -0.25) is 4.79 Å². The van der Waals surface area contributed by atoms with Crippen LogP contribution in [0.2, 0.25) is 5.02 Å². The molecule has 4 rings (SSSR count). The normalized spacial score (nSPS) is 11.5. The van der Waals surface area contributed by atoms with Crippen LogP contribution in [0.3, 0.4) is 0 Å². The summed E-state index contributed by atoms with van der Waals surface area (Å²) in [5.74, 6) is -0.343. The van der Waals surface area contributed by atoms with E-state index < -0.39 is 10.0 Å². The zero-order valence-electron chi connectivity index (χ0n) is 16.6. The van der Waals surface area contributed by atoms with Crippen molar-refractivity contribution in [1.82, 2.24) is 14.5 Å². The molecule has 0 spiro atoms. The van der Waals surface area contributed by atoms with Crippen molar-refractivity contribution in [3.05, 3.63) is 77.2 Å². The summed E-state index contributed by atoms with van der Waals surface area (Å²) in [6, 6.07) is 12.9. The van der Waals surface area contributed by atoms with Gasteiger partial charge in [0.2, 0.25) is 5.95 Å². The summed E-state index contributed by atoms with van der Waals surface area (Å²) in [6.45, 7) is 1.91. The molecule has 8 nitrogen and oxygen atoms in total. The first-order valence-corrected chi connectivity index (χ1v) is 11.1. The number of aryl methyl sites for hydroxylation is 2. The van der Waals surface area contributed by atoms with Gasteiger partial charge in [0.05, 0.1) is 4.90 Å². The van der Waals surface area contributed by atoms with E-state index in [9.17, 15) is 13.2 Å². The number of sulfonamides is 1. The molecule has 2 aromatic heterocycles. The van der Waals surface area contributed by atoms with E-state index >= 15 is 0 Å². The van der Waals surface area contributed by atoms with Crippen molar-refractivity contribution in [3.63, 3.8) is 0 Å². The van der Waals surface area contributed by atoms with Crippen LogP contribution in [0.4, 0.5) is 11.6 Å². The van der Waals surface area contributed by atoms with Gasteiger partial charge in [0, 0.05) is 41.1 Å². The monoisotopic (exact) mass is 455 g/mol. The summed E-state index contributed by atoms with van der Waals surface area (Å²) in [4.78, 5) is 20.5. The second-order valence-electron chi connectivity index (χ2n) is 6.91. The lowest BCUT2D eigenvalue weighted by Crippen LogP contribution is -2.16. The van der Waals surface area contributed by atoms with Gasteiger partial charge in [0.25, 0.3) is 15.9 Å². The quantitative estimate of drug-likeness (QED) is 0.473. The van der Waals surface area contributed by atoms with Crippen molar-refractivity contribution in [2.75, 3.05) is 10.0 Å². The number of carbonyl (C=O) groups is 1. The number of amides is 1. The SMILES string of the molecule is Cc1cc2cc(C(=O)Nc3ccc(S(=O)(=O)Nc4ncccn4)cc3)n(C)c2cc1Cl. The molecule has 10 heteroatoms. The van der Waals surface area contributed by atoms with Crippen LogP contribution in [0.15, 0.2) is 65.8 Å². The summed E-state index contributed by atoms with van der Waals surface area (Å²) >= 11 is 6.20. The molecule has 2 heterocycles. The molecule has 1 amide bonds. The highest BCUT2D eigenvalue weighted by molar-refractivity contribution is 7.92. The third kappa shape index (κ3) is 4.23. The third-order valence-electron chi connectivity index (χ3n) is 4.77. The highest BCUT2D eigenvalue weighted by Gasteiger charge is 2.17. The fourth-order valence-corrected chi connectivity index (χ4v) is 4.25. The molecule has 2 aromatic carbocycles. The van der Waals surface area contributed by atoms with Gasteiger partial charge in [-0.2, -0.15) is 0 Å². The summed E-state index contributed by atoms with van der Waals surface area (Å²) < 4.78 is 29.0. The Kier molecular flexibility index (Phi) is 5.38. The number of fused-ring (bicyclic) bond motifs is 1. The Labute approximate surface area is 184 Å². The van der Waals surface area contributed by atoms with Gasteiger partial charge < -0.3 is 9.88 Å². The molecule has 0 aliphatic heterocycles. The second-order valence-corrected chi connectivity index (χ2v) is 8.99. The van der Waals surface area contributed by atoms with Crippen LogP contribution in [0.1, 0.15) is 16.1 Å². The molecule has 0 aliphatic carbocycles. The minimum Gasteiger partial charge on any atom is -0.340 e. The Balaban J connectivity index is 1.53. The summed E-state index contributed by atoms with van der Waals surface area (Å²) in [5.41, 5.74) is 2.69. The van der Waals surface area contributed by atoms with Crippen molar-refractivity contribution >= 4 is 50.1 Å². The van der Waals surface area contributed by atoms with Crippen LogP contribution in [0, 0.1) is 6.92 Å². The number of anilines is 2. The van der Waals surface area contributed by atoms with Crippen LogP contribution < -0.4 is 10.0 Å². The van der Waals surface area contributed by atoms with Crippen molar-refractivity contribution < 1.29 is 13.2 Å². The predicted octanol–water partition coefficient (Wildman–Crippen LogP) is 3.98. The molecule has 31 heavy (non-hydrogen) atoms. The fourth-order valence-electron chi connectivity index (χ4n) is 3.13. The largest absolute Gasteiger partial charge is 0.340 e. The standard InChI is InChI=1S/C21H18ClN5O3S/c1-13-10-14-11-19(27(2)18(14)12-17(13)22)20(28)25-15-4-6-16(7-5-15)31(29,30)26-21-23-8-3-9-24-21/h3-12H,1-2H3,(H,25,28)(H,23,24,26). The number of halogens is 1. The summed E-state index contributed by atoms with van der Waals surface area (Å²) in [6.07, 6.45) is 2.87. The van der Waals surface area contributed by atoms with E-state index in [2.05, 4.69) is 20.0 Å². The Morgan fingerprint density at radius 2 is 1.74 bits per heavy atom. The topological polar surface area (TPSA) is 106 Å². The molecule has 0 saturated carbocycles. The van der Waals surface area contributed by atoms with Crippen LogP contribution in [0.25, 0.3) is 10.9 Å². The molecule has 0 atom stereocenters. The van der Waals surface area contributed by atoms with E-state index in [4.69, 9.17) is 11.6 Å². The Morgan fingerprint density at radius 1 is 1.06 bits per heavy atom. The van der Waals surface area contributed by atoms with Crippen LogP contribution >= 0.6 is 11.6 Å². The van der Waals surface area contributed by atoms with E-state index in [0.717, 1.165) is 16.5 Å². The van der Waals surface area contributed by atoms with E-state index in [1.54, 1.807) is 23.7 Å². The van der Waals surface area contributed by atoms with E-state index in [1.807, 2.05) is 19.1 Å². The van der Waals surface area contributed by atoms with E-state index in [1.165, 1.54) is 36.7 Å². The average molecular weight is 456 g/mol. The molecule has 0 unspecified atom stereocenters. The van der Waals surface area contributed by atoms with Gasteiger partial charge >= 0.3 is 0 Å². The Bertz CT molecular complexity index is 1380. The molecule has 0 aliphatic rings. The van der Waals surface area contributed by atoms with Crippen LogP contribution in [-0.2, 0) is 17.1 Å². The van der Waals surface area contributed by atoms with Crippen molar-refractivity contribution in [3.8, 4) is 0 Å². The van der Waals surface area contributed by atoms with Gasteiger partial charge in [0.15, 0.2) is 0 Å². The molecule has 0 radical (unpaired) electrons. The molecule has 158 valence electrons. The van der Waals surface area contributed by atoms with Crippen LogP contribution in [-0.4, -0.2) is 28.9 Å². The molecular weight excluding hydrogens is 438 g/mol. The molecule has 0 saturated heterocycles. The van der Waals surface area contributed by atoms with Crippen LogP contribution in [0.5, 0.6) is 0 Å². The molecule has 4 aromatic rings. The van der Waals surface area contributed by atoms with Gasteiger partial charge in [-0.15, -0.1) is 0 Å². The predicted molar refractivity (Wildman–Crippen MR) is 120 cm³/mol. The first kappa shape index (κ1) is 20.8. The Morgan fingerprint density at radius 3 is 2.42 bits per heavy atom. The fraction of sp³-hybridized carbons (Fsp3) is 0.0952. The number of benzene rings is 2. The van der Waals surface area contributed by atoms with Gasteiger partial charge in [-0.1, -0.05) is 11.6 Å². The maximum atomic E-state index is 12.8. The molecule has 0 bridgehead atoms. The van der Waals surface area contributed by atoms with E-state index in [-0.39, 0.29) is 16.8 Å². The maximum Gasteiger partial charge on any atom is 0.272 e. The number of hydrogen-bond donors (Lipinski definition) is 2.